The molecule has 0 saturated carbocycles. The maximum Gasteiger partial charge on any atom is 0.193 e. The summed E-state index contributed by atoms with van der Waals surface area (Å²) in [6.45, 7) is 6.73. The van der Waals surface area contributed by atoms with Crippen molar-refractivity contribution in [2.45, 2.75) is 31.9 Å². The molecule has 2 aliphatic heterocycles. The summed E-state index contributed by atoms with van der Waals surface area (Å²) in [7, 11) is 4.16. The predicted octanol–water partition coefficient (Wildman–Crippen LogP) is 4.09. The fraction of sp³-hybridized carbons (Fsp3) is 0.542. The van der Waals surface area contributed by atoms with Gasteiger partial charge in [-0.3, -0.25) is 9.89 Å². The van der Waals surface area contributed by atoms with Gasteiger partial charge in [-0.2, -0.15) is 0 Å². The number of nitrogens with one attached hydrogen (secondary N) is 1. The molecule has 0 radical (unpaired) electrons. The van der Waals surface area contributed by atoms with Crippen LogP contribution >= 0.6 is 11.3 Å². The van der Waals surface area contributed by atoms with Crippen molar-refractivity contribution < 1.29 is 4.74 Å². The summed E-state index contributed by atoms with van der Waals surface area (Å²) in [6, 6.07) is 13.5. The maximum atomic E-state index is 6.11. The van der Waals surface area contributed by atoms with E-state index in [2.05, 4.69) is 75.9 Å². The quantitative estimate of drug-likeness (QED) is 0.591. The Morgan fingerprint density at radius 1 is 1.23 bits per heavy atom. The van der Waals surface area contributed by atoms with Crippen molar-refractivity contribution in [3.63, 3.8) is 0 Å². The Morgan fingerprint density at radius 2 is 2.10 bits per heavy atom. The van der Waals surface area contributed by atoms with Crippen LogP contribution in [-0.4, -0.2) is 62.6 Å². The lowest BCUT2D eigenvalue weighted by atomic mass is 9.88. The number of rotatable bonds is 4. The Labute approximate surface area is 184 Å². The first kappa shape index (κ1) is 21.3. The second-order valence-corrected chi connectivity index (χ2v) is 9.41. The van der Waals surface area contributed by atoms with E-state index in [0.29, 0.717) is 12.0 Å². The summed E-state index contributed by atoms with van der Waals surface area (Å²) in [5.41, 5.74) is 2.57. The van der Waals surface area contributed by atoms with Gasteiger partial charge in [0.15, 0.2) is 5.96 Å². The van der Waals surface area contributed by atoms with E-state index in [4.69, 9.17) is 4.74 Å². The standard InChI is InChI=1S/C24H34N4OS/c1-18-8-4-5-10-20(18)21-17-28(13-14-29-21)24(25-2)26-16-19-9-6-12-27(3)23(19)22-11-7-15-30-22/h4-5,7-8,10-11,15,19,21,23H,6,9,12-14,16-17H2,1-3H3,(H,25,26). The van der Waals surface area contributed by atoms with Gasteiger partial charge >= 0.3 is 0 Å². The molecule has 2 saturated heterocycles. The van der Waals surface area contributed by atoms with Crippen LogP contribution in [0.4, 0.5) is 0 Å². The van der Waals surface area contributed by atoms with Crippen LogP contribution in [0.15, 0.2) is 46.8 Å². The number of likely N-dealkylation sites (tertiary alicyclic amines) is 1. The van der Waals surface area contributed by atoms with Crippen molar-refractivity contribution in [3.8, 4) is 0 Å². The molecule has 0 amide bonds. The number of hydrogen-bond acceptors (Lipinski definition) is 4. The summed E-state index contributed by atoms with van der Waals surface area (Å²) in [5, 5.41) is 5.90. The van der Waals surface area contributed by atoms with Gasteiger partial charge in [0, 0.05) is 31.1 Å². The van der Waals surface area contributed by atoms with Gasteiger partial charge in [0.05, 0.1) is 13.2 Å². The van der Waals surface area contributed by atoms with E-state index in [-0.39, 0.29) is 6.10 Å². The van der Waals surface area contributed by atoms with Crippen LogP contribution in [0.1, 0.15) is 41.0 Å². The minimum Gasteiger partial charge on any atom is -0.370 e. The number of nitrogens with zero attached hydrogens (tertiary/aromatic N) is 3. The molecule has 1 aromatic carbocycles. The normalized spacial score (nSPS) is 26.0. The highest BCUT2D eigenvalue weighted by Gasteiger charge is 2.32. The molecule has 4 rings (SSSR count). The molecule has 3 heterocycles. The first-order chi connectivity index (χ1) is 14.7. The average Bonchev–Trinajstić information content (AvgIpc) is 3.29. The summed E-state index contributed by atoms with van der Waals surface area (Å²) >= 11 is 1.88. The lowest BCUT2D eigenvalue weighted by molar-refractivity contribution is -0.00850. The van der Waals surface area contributed by atoms with Crippen molar-refractivity contribution in [2.24, 2.45) is 10.9 Å². The fourth-order valence-corrected chi connectivity index (χ4v) is 5.90. The Morgan fingerprint density at radius 3 is 2.87 bits per heavy atom. The topological polar surface area (TPSA) is 40.1 Å². The van der Waals surface area contributed by atoms with Crippen molar-refractivity contribution in [1.82, 2.24) is 15.1 Å². The monoisotopic (exact) mass is 426 g/mol. The number of thiophene rings is 1. The number of benzene rings is 1. The molecule has 162 valence electrons. The molecule has 3 unspecified atom stereocenters. The second-order valence-electron chi connectivity index (χ2n) is 8.43. The molecular weight excluding hydrogens is 392 g/mol. The van der Waals surface area contributed by atoms with Gasteiger partial charge < -0.3 is 15.0 Å². The van der Waals surface area contributed by atoms with Crippen molar-refractivity contribution >= 4 is 17.3 Å². The number of hydrogen-bond donors (Lipinski definition) is 1. The molecule has 2 fully saturated rings. The molecule has 0 bridgehead atoms. The third kappa shape index (κ3) is 4.71. The summed E-state index contributed by atoms with van der Waals surface area (Å²) in [6.07, 6.45) is 2.61. The molecule has 1 N–H and O–H groups in total. The number of ether oxygens (including phenoxy) is 1. The molecule has 1 aromatic heterocycles. The van der Waals surface area contributed by atoms with Gasteiger partial charge in [0.2, 0.25) is 0 Å². The number of morpholine rings is 1. The van der Waals surface area contributed by atoms with Crippen molar-refractivity contribution in [3.05, 3.63) is 57.8 Å². The Hall–Kier alpha value is -1.89. The fourth-order valence-electron chi connectivity index (χ4n) is 4.92. The van der Waals surface area contributed by atoms with E-state index in [1.54, 1.807) is 0 Å². The van der Waals surface area contributed by atoms with Gasteiger partial charge in [-0.05, 0) is 61.8 Å². The van der Waals surface area contributed by atoms with E-state index >= 15 is 0 Å². The molecule has 3 atom stereocenters. The third-order valence-electron chi connectivity index (χ3n) is 6.48. The van der Waals surface area contributed by atoms with Crippen molar-refractivity contribution in [2.75, 3.05) is 46.9 Å². The van der Waals surface area contributed by atoms with Gasteiger partial charge in [0.1, 0.15) is 6.10 Å². The van der Waals surface area contributed by atoms with E-state index in [0.717, 1.165) is 32.2 Å². The number of aryl methyl sites for hydroxylation is 1. The zero-order valence-electron chi connectivity index (χ0n) is 18.4. The van der Waals surface area contributed by atoms with Crippen molar-refractivity contribution in [1.29, 1.82) is 0 Å². The maximum absolute atomic E-state index is 6.11. The van der Waals surface area contributed by atoms with Crippen LogP contribution in [0, 0.1) is 12.8 Å². The van der Waals surface area contributed by atoms with Crippen LogP contribution in [0.2, 0.25) is 0 Å². The molecule has 5 nitrogen and oxygen atoms in total. The number of guanidine groups is 1. The molecule has 30 heavy (non-hydrogen) atoms. The zero-order valence-corrected chi connectivity index (χ0v) is 19.2. The third-order valence-corrected chi connectivity index (χ3v) is 7.42. The molecule has 2 aliphatic rings. The molecule has 0 spiro atoms. The van der Waals surface area contributed by atoms with E-state index in [1.165, 1.54) is 35.4 Å². The Kier molecular flexibility index (Phi) is 7.08. The van der Waals surface area contributed by atoms with Crippen LogP contribution in [0.3, 0.4) is 0 Å². The van der Waals surface area contributed by atoms with Gasteiger partial charge in [0.25, 0.3) is 0 Å². The average molecular weight is 427 g/mol. The minimum atomic E-state index is 0.0955. The Balaban J connectivity index is 1.41. The first-order valence-electron chi connectivity index (χ1n) is 11.0. The van der Waals surface area contributed by atoms with E-state index in [9.17, 15) is 0 Å². The molecule has 0 aliphatic carbocycles. The highest BCUT2D eigenvalue weighted by molar-refractivity contribution is 7.10. The smallest absolute Gasteiger partial charge is 0.193 e. The van der Waals surface area contributed by atoms with Crippen LogP contribution in [0.25, 0.3) is 0 Å². The van der Waals surface area contributed by atoms with Gasteiger partial charge in [-0.15, -0.1) is 11.3 Å². The lowest BCUT2D eigenvalue weighted by Gasteiger charge is -2.40. The Bertz CT molecular complexity index is 837. The largest absolute Gasteiger partial charge is 0.370 e. The van der Waals surface area contributed by atoms with E-state index < -0.39 is 0 Å². The summed E-state index contributed by atoms with van der Waals surface area (Å²) < 4.78 is 6.11. The molecule has 2 aromatic rings. The summed E-state index contributed by atoms with van der Waals surface area (Å²) in [4.78, 5) is 11.0. The lowest BCUT2D eigenvalue weighted by Crippen LogP contribution is -2.50. The van der Waals surface area contributed by atoms with Gasteiger partial charge in [-0.1, -0.05) is 30.3 Å². The minimum absolute atomic E-state index is 0.0955. The SMILES string of the molecule is CN=C(NCC1CCCN(C)C1c1cccs1)N1CCOC(c2ccccc2C)C1. The number of piperidine rings is 1. The van der Waals surface area contributed by atoms with Gasteiger partial charge in [-0.25, -0.2) is 0 Å². The highest BCUT2D eigenvalue weighted by atomic mass is 32.1. The van der Waals surface area contributed by atoms with Crippen LogP contribution in [-0.2, 0) is 4.74 Å². The first-order valence-corrected chi connectivity index (χ1v) is 11.9. The van der Waals surface area contributed by atoms with Crippen LogP contribution in [0.5, 0.6) is 0 Å². The molecular formula is C24H34N4OS. The predicted molar refractivity (Wildman–Crippen MR) is 125 cm³/mol. The zero-order chi connectivity index (χ0) is 20.9. The molecule has 6 heteroatoms. The second kappa shape index (κ2) is 9.94. The number of aliphatic imine (C=N–C) groups is 1. The highest BCUT2D eigenvalue weighted by Crippen LogP contribution is 2.36. The summed E-state index contributed by atoms with van der Waals surface area (Å²) in [5.74, 6) is 1.59. The van der Waals surface area contributed by atoms with E-state index in [1.807, 2.05) is 18.4 Å². The van der Waals surface area contributed by atoms with Crippen LogP contribution < -0.4 is 5.32 Å².